The van der Waals surface area contributed by atoms with Crippen molar-refractivity contribution < 1.29 is 4.79 Å². The van der Waals surface area contributed by atoms with E-state index in [2.05, 4.69) is 28.2 Å². The van der Waals surface area contributed by atoms with Crippen LogP contribution in [0.15, 0.2) is 22.7 Å². The molecule has 2 nitrogen and oxygen atoms in total. The second-order valence-corrected chi connectivity index (χ2v) is 5.60. The molecule has 1 aromatic carbocycles. The maximum atomic E-state index is 11.7. The molecule has 100 valence electrons. The molecule has 4 heteroatoms. The lowest BCUT2D eigenvalue weighted by atomic mass is 10.1. The van der Waals surface area contributed by atoms with Crippen molar-refractivity contribution in [3.63, 3.8) is 0 Å². The molecule has 1 N–H and O–H groups in total. The Labute approximate surface area is 122 Å². The average molecular weight is 333 g/mol. The van der Waals surface area contributed by atoms with Gasteiger partial charge >= 0.3 is 0 Å². The third-order valence-electron chi connectivity index (χ3n) is 2.71. The van der Waals surface area contributed by atoms with Crippen LogP contribution in [0.2, 0.25) is 5.02 Å². The summed E-state index contributed by atoms with van der Waals surface area (Å²) in [6.07, 6.45) is 6.38. The molecule has 0 heterocycles. The minimum atomic E-state index is 0.0701. The van der Waals surface area contributed by atoms with E-state index in [-0.39, 0.29) is 5.91 Å². The first kappa shape index (κ1) is 15.5. The number of benzene rings is 1. The summed E-state index contributed by atoms with van der Waals surface area (Å²) in [6, 6.07) is 5.39. The van der Waals surface area contributed by atoms with Gasteiger partial charge in [-0.2, -0.15) is 0 Å². The topological polar surface area (TPSA) is 29.1 Å². The standard InChI is InChI=1S/C14H19BrClNO/c1-2-3-4-5-6-7-14(18)17-11-8-9-13(16)12(15)10-11/h8-10H,2-7H2,1H3,(H,17,18). The molecular weight excluding hydrogens is 314 g/mol. The number of unbranched alkanes of at least 4 members (excludes halogenated alkanes) is 4. The smallest absolute Gasteiger partial charge is 0.224 e. The lowest BCUT2D eigenvalue weighted by Crippen LogP contribution is -2.10. The third-order valence-corrected chi connectivity index (χ3v) is 3.92. The average Bonchev–Trinajstić information content (AvgIpc) is 2.34. The van der Waals surface area contributed by atoms with E-state index in [1.54, 1.807) is 6.07 Å². The number of rotatable bonds is 7. The van der Waals surface area contributed by atoms with Gasteiger partial charge < -0.3 is 5.32 Å². The second kappa shape index (κ2) is 8.54. The van der Waals surface area contributed by atoms with Crippen LogP contribution in [-0.4, -0.2) is 5.91 Å². The highest BCUT2D eigenvalue weighted by molar-refractivity contribution is 9.10. The van der Waals surface area contributed by atoms with Crippen molar-refractivity contribution in [3.8, 4) is 0 Å². The highest BCUT2D eigenvalue weighted by Gasteiger charge is 2.04. The number of anilines is 1. The van der Waals surface area contributed by atoms with Crippen LogP contribution in [0.25, 0.3) is 0 Å². The number of nitrogens with one attached hydrogen (secondary N) is 1. The first-order chi connectivity index (χ1) is 8.63. The molecule has 0 aromatic heterocycles. The molecule has 0 fully saturated rings. The Morgan fingerprint density at radius 1 is 1.28 bits per heavy atom. The van der Waals surface area contributed by atoms with E-state index in [1.165, 1.54) is 19.3 Å². The Kier molecular flexibility index (Phi) is 7.36. The van der Waals surface area contributed by atoms with E-state index in [9.17, 15) is 4.79 Å². The van der Waals surface area contributed by atoms with Gasteiger partial charge in [-0.3, -0.25) is 4.79 Å². The first-order valence-electron chi connectivity index (χ1n) is 6.38. The predicted molar refractivity (Wildman–Crippen MR) is 81.2 cm³/mol. The Balaban J connectivity index is 2.29. The zero-order valence-electron chi connectivity index (χ0n) is 10.6. The molecule has 0 aliphatic carbocycles. The van der Waals surface area contributed by atoms with Crippen molar-refractivity contribution in [2.24, 2.45) is 0 Å². The molecule has 0 saturated heterocycles. The second-order valence-electron chi connectivity index (χ2n) is 4.34. The summed E-state index contributed by atoms with van der Waals surface area (Å²) in [5.41, 5.74) is 0.782. The lowest BCUT2D eigenvalue weighted by Gasteiger charge is -2.06. The largest absolute Gasteiger partial charge is 0.326 e. The summed E-state index contributed by atoms with van der Waals surface area (Å²) in [5, 5.41) is 3.52. The van der Waals surface area contributed by atoms with Crippen LogP contribution in [0.4, 0.5) is 5.69 Å². The fourth-order valence-corrected chi connectivity index (χ4v) is 2.18. The van der Waals surface area contributed by atoms with E-state index >= 15 is 0 Å². The monoisotopic (exact) mass is 331 g/mol. The highest BCUT2D eigenvalue weighted by atomic mass is 79.9. The van der Waals surface area contributed by atoms with Crippen molar-refractivity contribution in [2.45, 2.75) is 45.4 Å². The Bertz CT molecular complexity index is 395. The van der Waals surface area contributed by atoms with Crippen LogP contribution in [0, 0.1) is 0 Å². The molecule has 0 saturated carbocycles. The number of amides is 1. The maximum Gasteiger partial charge on any atom is 0.224 e. The van der Waals surface area contributed by atoms with E-state index in [0.717, 1.165) is 23.0 Å². The van der Waals surface area contributed by atoms with Gasteiger partial charge in [0.1, 0.15) is 0 Å². The molecule has 0 spiro atoms. The van der Waals surface area contributed by atoms with Crippen LogP contribution in [-0.2, 0) is 4.79 Å². The van der Waals surface area contributed by atoms with Crippen LogP contribution in [0.5, 0.6) is 0 Å². The molecule has 0 radical (unpaired) electrons. The van der Waals surface area contributed by atoms with Gasteiger partial charge in [0.2, 0.25) is 5.91 Å². The Morgan fingerprint density at radius 2 is 2.00 bits per heavy atom. The van der Waals surface area contributed by atoms with Crippen molar-refractivity contribution in [1.29, 1.82) is 0 Å². The molecule has 0 aliphatic heterocycles. The lowest BCUT2D eigenvalue weighted by molar-refractivity contribution is -0.116. The fourth-order valence-electron chi connectivity index (χ4n) is 1.69. The van der Waals surface area contributed by atoms with Gasteiger partial charge in [-0.05, 0) is 40.5 Å². The Hall–Kier alpha value is -0.540. The van der Waals surface area contributed by atoms with Gasteiger partial charge in [-0.25, -0.2) is 0 Å². The van der Waals surface area contributed by atoms with Crippen molar-refractivity contribution in [1.82, 2.24) is 0 Å². The van der Waals surface area contributed by atoms with E-state index in [4.69, 9.17) is 11.6 Å². The normalized spacial score (nSPS) is 10.4. The van der Waals surface area contributed by atoms with Gasteiger partial charge in [0.05, 0.1) is 5.02 Å². The molecule has 0 bridgehead atoms. The number of halogens is 2. The van der Waals surface area contributed by atoms with Gasteiger partial charge in [-0.15, -0.1) is 0 Å². The summed E-state index contributed by atoms with van der Waals surface area (Å²) >= 11 is 9.22. The number of carbonyl (C=O) groups is 1. The summed E-state index contributed by atoms with van der Waals surface area (Å²) in [6.45, 7) is 2.19. The van der Waals surface area contributed by atoms with E-state index in [1.807, 2.05) is 12.1 Å². The number of hydrogen-bond donors (Lipinski definition) is 1. The number of hydrogen-bond acceptors (Lipinski definition) is 1. The van der Waals surface area contributed by atoms with Crippen LogP contribution < -0.4 is 5.32 Å². The van der Waals surface area contributed by atoms with Crippen molar-refractivity contribution in [3.05, 3.63) is 27.7 Å². The Morgan fingerprint density at radius 3 is 2.67 bits per heavy atom. The highest BCUT2D eigenvalue weighted by Crippen LogP contribution is 2.25. The third kappa shape index (κ3) is 5.87. The first-order valence-corrected chi connectivity index (χ1v) is 7.55. The van der Waals surface area contributed by atoms with Gasteiger partial charge in [0.25, 0.3) is 0 Å². The van der Waals surface area contributed by atoms with E-state index in [0.29, 0.717) is 11.4 Å². The SMILES string of the molecule is CCCCCCCC(=O)Nc1ccc(Cl)c(Br)c1. The van der Waals surface area contributed by atoms with Crippen LogP contribution >= 0.6 is 27.5 Å². The molecular formula is C14H19BrClNO. The fraction of sp³-hybridized carbons (Fsp3) is 0.500. The van der Waals surface area contributed by atoms with Crippen molar-refractivity contribution in [2.75, 3.05) is 5.32 Å². The predicted octanol–water partition coefficient (Wildman–Crippen LogP) is 5.40. The summed E-state index contributed by atoms with van der Waals surface area (Å²) in [5.74, 6) is 0.0701. The summed E-state index contributed by atoms with van der Waals surface area (Å²) in [7, 11) is 0. The molecule has 1 aromatic rings. The zero-order valence-corrected chi connectivity index (χ0v) is 13.0. The maximum absolute atomic E-state index is 11.7. The van der Waals surface area contributed by atoms with Gasteiger partial charge in [-0.1, -0.05) is 44.2 Å². The van der Waals surface area contributed by atoms with Crippen LogP contribution in [0.3, 0.4) is 0 Å². The molecule has 0 atom stereocenters. The summed E-state index contributed by atoms with van der Waals surface area (Å²) in [4.78, 5) is 11.7. The van der Waals surface area contributed by atoms with E-state index < -0.39 is 0 Å². The quantitative estimate of drug-likeness (QED) is 0.665. The van der Waals surface area contributed by atoms with Crippen LogP contribution in [0.1, 0.15) is 45.4 Å². The molecule has 0 aliphatic rings. The van der Waals surface area contributed by atoms with Gasteiger partial charge in [0, 0.05) is 16.6 Å². The summed E-state index contributed by atoms with van der Waals surface area (Å²) < 4.78 is 0.796. The zero-order chi connectivity index (χ0) is 13.4. The molecule has 1 amide bonds. The number of carbonyl (C=O) groups excluding carboxylic acids is 1. The molecule has 1 rings (SSSR count). The minimum Gasteiger partial charge on any atom is -0.326 e. The molecule has 18 heavy (non-hydrogen) atoms. The van der Waals surface area contributed by atoms with Crippen molar-refractivity contribution >= 4 is 39.1 Å². The van der Waals surface area contributed by atoms with Gasteiger partial charge in [0.15, 0.2) is 0 Å². The minimum absolute atomic E-state index is 0.0701. The molecule has 0 unspecified atom stereocenters.